The van der Waals surface area contributed by atoms with Crippen molar-refractivity contribution in [1.29, 1.82) is 0 Å². The van der Waals surface area contributed by atoms with Gasteiger partial charge < -0.3 is 15.4 Å². The van der Waals surface area contributed by atoms with Gasteiger partial charge in [-0.1, -0.05) is 66.1 Å². The van der Waals surface area contributed by atoms with Crippen LogP contribution in [0.4, 0.5) is 4.79 Å². The largest absolute Gasteiger partial charge is 0.444 e. The molecule has 0 aromatic heterocycles. The van der Waals surface area contributed by atoms with Gasteiger partial charge in [0.2, 0.25) is 5.91 Å². The molecule has 2 atom stereocenters. The van der Waals surface area contributed by atoms with Gasteiger partial charge in [0.1, 0.15) is 17.7 Å². The molecule has 0 radical (unpaired) electrons. The molecule has 0 heterocycles. The molecular formula is C27H33N3O4S. The van der Waals surface area contributed by atoms with Crippen LogP contribution in [-0.4, -0.2) is 40.2 Å². The first-order chi connectivity index (χ1) is 16.4. The molecule has 0 aliphatic heterocycles. The van der Waals surface area contributed by atoms with Crippen LogP contribution in [0.2, 0.25) is 0 Å². The Morgan fingerprint density at radius 2 is 1.69 bits per heavy atom. The molecular weight excluding hydrogens is 462 g/mol. The topological polar surface area (TPSA) is 87.7 Å². The number of thiol groups is 1. The molecule has 3 amide bonds. The zero-order valence-corrected chi connectivity index (χ0v) is 21.7. The molecule has 2 aromatic carbocycles. The van der Waals surface area contributed by atoms with Crippen LogP contribution in [0.1, 0.15) is 49.1 Å². The second-order valence-electron chi connectivity index (χ2n) is 9.25. The molecule has 0 aliphatic rings. The minimum absolute atomic E-state index is 0.0402. The van der Waals surface area contributed by atoms with E-state index in [2.05, 4.69) is 29.3 Å². The second kappa shape index (κ2) is 12.3. The molecule has 186 valence electrons. The SMILES string of the molecule is C#CN(C(=O)C(CS)NC(=O)OC(C)(C)C)C(C(=O)NCc1ccccc1)c1cc(C)cc(C)c1. The zero-order valence-electron chi connectivity index (χ0n) is 20.8. The van der Waals surface area contributed by atoms with Gasteiger partial charge in [0.15, 0.2) is 0 Å². The normalized spacial score (nSPS) is 12.6. The number of hydrogen-bond acceptors (Lipinski definition) is 5. The smallest absolute Gasteiger partial charge is 0.408 e. The number of hydrogen-bond donors (Lipinski definition) is 3. The van der Waals surface area contributed by atoms with Crippen molar-refractivity contribution in [2.45, 2.75) is 58.8 Å². The van der Waals surface area contributed by atoms with E-state index in [1.165, 1.54) is 0 Å². The summed E-state index contributed by atoms with van der Waals surface area (Å²) in [5, 5.41) is 5.38. The molecule has 0 spiro atoms. The molecule has 35 heavy (non-hydrogen) atoms. The Kier molecular flexibility index (Phi) is 9.78. The van der Waals surface area contributed by atoms with E-state index < -0.39 is 35.6 Å². The van der Waals surface area contributed by atoms with Gasteiger partial charge in [-0.25, -0.2) is 4.79 Å². The molecule has 0 saturated carbocycles. The predicted octanol–water partition coefficient (Wildman–Crippen LogP) is 3.90. The molecule has 2 unspecified atom stereocenters. The van der Waals surface area contributed by atoms with E-state index in [1.54, 1.807) is 20.8 Å². The van der Waals surface area contributed by atoms with Gasteiger partial charge in [0, 0.05) is 18.3 Å². The van der Waals surface area contributed by atoms with Gasteiger partial charge in [0.25, 0.3) is 5.91 Å². The van der Waals surface area contributed by atoms with E-state index in [0.29, 0.717) is 5.56 Å². The number of rotatable bonds is 8. The van der Waals surface area contributed by atoms with Crippen molar-refractivity contribution in [2.75, 3.05) is 5.75 Å². The summed E-state index contributed by atoms with van der Waals surface area (Å²) in [6, 6.07) is 15.1. The highest BCUT2D eigenvalue weighted by Crippen LogP contribution is 2.25. The van der Waals surface area contributed by atoms with Crippen LogP contribution < -0.4 is 10.6 Å². The second-order valence-corrected chi connectivity index (χ2v) is 9.61. The third kappa shape index (κ3) is 8.37. The fourth-order valence-electron chi connectivity index (χ4n) is 3.54. The summed E-state index contributed by atoms with van der Waals surface area (Å²) < 4.78 is 5.26. The first kappa shape index (κ1) is 27.8. The van der Waals surface area contributed by atoms with Crippen molar-refractivity contribution in [3.05, 3.63) is 70.8 Å². The lowest BCUT2D eigenvalue weighted by Gasteiger charge is -2.30. The van der Waals surface area contributed by atoms with E-state index in [1.807, 2.05) is 62.4 Å². The van der Waals surface area contributed by atoms with Crippen LogP contribution in [-0.2, 0) is 20.9 Å². The number of nitrogens with zero attached hydrogens (tertiary/aromatic N) is 1. The fraction of sp³-hybridized carbons (Fsp3) is 0.370. The van der Waals surface area contributed by atoms with Crippen LogP contribution in [0, 0.1) is 26.3 Å². The number of carbonyl (C=O) groups is 3. The minimum Gasteiger partial charge on any atom is -0.444 e. The maximum atomic E-state index is 13.5. The van der Waals surface area contributed by atoms with Gasteiger partial charge >= 0.3 is 6.09 Å². The summed E-state index contributed by atoms with van der Waals surface area (Å²) in [6.45, 7) is 9.21. The Bertz CT molecular complexity index is 1070. The Balaban J connectivity index is 2.37. The fourth-order valence-corrected chi connectivity index (χ4v) is 3.78. The third-order valence-electron chi connectivity index (χ3n) is 4.92. The Labute approximate surface area is 213 Å². The number of carbonyl (C=O) groups excluding carboxylic acids is 3. The van der Waals surface area contributed by atoms with Crippen molar-refractivity contribution >= 4 is 30.5 Å². The van der Waals surface area contributed by atoms with Crippen LogP contribution in [0.5, 0.6) is 0 Å². The van der Waals surface area contributed by atoms with Crippen molar-refractivity contribution in [3.8, 4) is 12.5 Å². The summed E-state index contributed by atoms with van der Waals surface area (Å²) in [4.78, 5) is 40.2. The highest BCUT2D eigenvalue weighted by Gasteiger charge is 2.35. The monoisotopic (exact) mass is 495 g/mol. The number of aryl methyl sites for hydroxylation is 2. The van der Waals surface area contributed by atoms with Crippen molar-refractivity contribution in [3.63, 3.8) is 0 Å². The Hall–Kier alpha value is -3.44. The Morgan fingerprint density at radius 3 is 2.20 bits per heavy atom. The van der Waals surface area contributed by atoms with E-state index in [9.17, 15) is 14.4 Å². The van der Waals surface area contributed by atoms with Gasteiger partial charge in [-0.15, -0.1) is 0 Å². The number of benzene rings is 2. The van der Waals surface area contributed by atoms with Crippen molar-refractivity contribution in [2.24, 2.45) is 0 Å². The van der Waals surface area contributed by atoms with Crippen LogP contribution in [0.15, 0.2) is 48.5 Å². The van der Waals surface area contributed by atoms with Crippen LogP contribution in [0.3, 0.4) is 0 Å². The molecule has 0 bridgehead atoms. The molecule has 2 N–H and O–H groups in total. The highest BCUT2D eigenvalue weighted by molar-refractivity contribution is 7.80. The number of nitrogens with one attached hydrogen (secondary N) is 2. The third-order valence-corrected chi connectivity index (χ3v) is 5.29. The lowest BCUT2D eigenvalue weighted by molar-refractivity contribution is -0.138. The van der Waals surface area contributed by atoms with Gasteiger partial charge in [-0.05, 0) is 45.7 Å². The van der Waals surface area contributed by atoms with Gasteiger partial charge in [0.05, 0.1) is 0 Å². The van der Waals surface area contributed by atoms with Crippen molar-refractivity contribution < 1.29 is 19.1 Å². The maximum Gasteiger partial charge on any atom is 0.408 e. The van der Waals surface area contributed by atoms with E-state index >= 15 is 0 Å². The quantitative estimate of drug-likeness (QED) is 0.294. The van der Waals surface area contributed by atoms with Gasteiger partial charge in [-0.2, -0.15) is 12.6 Å². The molecule has 0 saturated heterocycles. The number of terminal acetylenes is 1. The molecule has 2 rings (SSSR count). The standard InChI is InChI=1S/C27H33N3O4S/c1-7-30(25(32)22(17-35)29-26(33)34-27(4,5)6)23(21-14-18(2)13-19(3)15-21)24(31)28-16-20-11-9-8-10-12-20/h1,8-15,22-23,35H,16-17H2,2-6H3,(H,28,31)(H,29,33). The lowest BCUT2D eigenvalue weighted by atomic mass is 9.99. The first-order valence-electron chi connectivity index (χ1n) is 11.2. The summed E-state index contributed by atoms with van der Waals surface area (Å²) in [6.07, 6.45) is 4.99. The summed E-state index contributed by atoms with van der Waals surface area (Å²) >= 11 is 4.22. The summed E-state index contributed by atoms with van der Waals surface area (Å²) in [5.74, 6) is -1.13. The zero-order chi connectivity index (χ0) is 26.2. The molecule has 7 nitrogen and oxygen atoms in total. The lowest BCUT2D eigenvalue weighted by Crippen LogP contribution is -2.52. The average molecular weight is 496 g/mol. The average Bonchev–Trinajstić information content (AvgIpc) is 2.77. The molecule has 8 heteroatoms. The summed E-state index contributed by atoms with van der Waals surface area (Å²) in [7, 11) is 0. The first-order valence-corrected chi connectivity index (χ1v) is 11.9. The maximum absolute atomic E-state index is 13.5. The van der Waals surface area contributed by atoms with Crippen molar-refractivity contribution in [1.82, 2.24) is 15.5 Å². The predicted molar refractivity (Wildman–Crippen MR) is 140 cm³/mol. The van der Waals surface area contributed by atoms with Crippen LogP contribution in [0.25, 0.3) is 0 Å². The number of alkyl carbamates (subject to hydrolysis) is 1. The van der Waals surface area contributed by atoms with E-state index in [4.69, 9.17) is 11.2 Å². The highest BCUT2D eigenvalue weighted by atomic mass is 32.1. The van der Waals surface area contributed by atoms with Gasteiger partial charge in [-0.3, -0.25) is 14.5 Å². The molecule has 2 aromatic rings. The minimum atomic E-state index is -1.11. The summed E-state index contributed by atoms with van der Waals surface area (Å²) in [5.41, 5.74) is 2.55. The number of ether oxygens (including phenoxy) is 1. The molecule has 0 fully saturated rings. The van der Waals surface area contributed by atoms with E-state index in [-0.39, 0.29) is 12.3 Å². The number of amides is 3. The molecule has 0 aliphatic carbocycles. The van der Waals surface area contributed by atoms with E-state index in [0.717, 1.165) is 21.6 Å². The Morgan fingerprint density at radius 1 is 1.09 bits per heavy atom. The van der Waals surface area contributed by atoms with Crippen LogP contribution >= 0.6 is 12.6 Å².